The van der Waals surface area contributed by atoms with Crippen LogP contribution in [0.15, 0.2) is 42.5 Å². The van der Waals surface area contributed by atoms with Gasteiger partial charge in [-0.2, -0.15) is 10.5 Å². The van der Waals surface area contributed by atoms with Crippen molar-refractivity contribution >= 4 is 38.3 Å². The van der Waals surface area contributed by atoms with Gasteiger partial charge in [0, 0.05) is 11.8 Å². The fraction of sp³-hybridized carbons (Fsp3) is 0.174. The molecule has 4 nitrogen and oxygen atoms in total. The maximum atomic E-state index is 11.5. The number of ether oxygens (including phenoxy) is 1. The van der Waals surface area contributed by atoms with Gasteiger partial charge in [0.15, 0.2) is 0 Å². The van der Waals surface area contributed by atoms with E-state index in [9.17, 15) is 15.3 Å². The van der Waals surface area contributed by atoms with Gasteiger partial charge in [0.1, 0.15) is 12.1 Å². The van der Waals surface area contributed by atoms with Crippen LogP contribution in [0.1, 0.15) is 29.5 Å². The van der Waals surface area contributed by atoms with Crippen molar-refractivity contribution in [2.45, 2.75) is 19.3 Å². The van der Waals surface area contributed by atoms with Gasteiger partial charge in [-0.25, -0.2) is 0 Å². The Balaban J connectivity index is 2.05. The quantitative estimate of drug-likeness (QED) is 0.390. The van der Waals surface area contributed by atoms with Crippen molar-refractivity contribution in [1.82, 2.24) is 0 Å². The topological polar surface area (TPSA) is 73.9 Å². The van der Waals surface area contributed by atoms with E-state index >= 15 is 0 Å². The van der Waals surface area contributed by atoms with Gasteiger partial charge in [-0.1, -0.05) is 42.5 Å². The number of nitriles is 2. The lowest BCUT2D eigenvalue weighted by molar-refractivity contribution is -0.140. The highest BCUT2D eigenvalue weighted by molar-refractivity contribution is 6.25. The minimum absolute atomic E-state index is 0.272. The first kappa shape index (κ1) is 16.8. The number of carbonyl (C=O) groups is 1. The van der Waals surface area contributed by atoms with Gasteiger partial charge in [-0.15, -0.1) is 0 Å². The van der Waals surface area contributed by atoms with E-state index in [2.05, 4.69) is 30.3 Å². The molecule has 0 bridgehead atoms. The zero-order valence-corrected chi connectivity index (χ0v) is 14.9. The van der Waals surface area contributed by atoms with Crippen molar-refractivity contribution < 1.29 is 9.53 Å². The van der Waals surface area contributed by atoms with E-state index in [-0.39, 0.29) is 12.4 Å². The van der Waals surface area contributed by atoms with Crippen molar-refractivity contribution in [2.75, 3.05) is 7.11 Å². The molecule has 0 atom stereocenters. The van der Waals surface area contributed by atoms with Crippen molar-refractivity contribution in [2.24, 2.45) is 0 Å². The van der Waals surface area contributed by atoms with Crippen molar-refractivity contribution in [3.05, 3.63) is 59.2 Å². The third-order valence-corrected chi connectivity index (χ3v) is 5.18. The molecule has 0 heterocycles. The lowest BCUT2D eigenvalue weighted by Gasteiger charge is -2.17. The van der Waals surface area contributed by atoms with E-state index in [1.165, 1.54) is 7.11 Å². The summed E-state index contributed by atoms with van der Waals surface area (Å²) in [4.78, 5) is 11.5. The monoisotopic (exact) mass is 352 g/mol. The predicted molar refractivity (Wildman–Crippen MR) is 105 cm³/mol. The Morgan fingerprint density at radius 3 is 2.22 bits per heavy atom. The second-order valence-electron chi connectivity index (χ2n) is 6.56. The molecule has 4 aromatic rings. The fourth-order valence-corrected chi connectivity index (χ4v) is 3.97. The molecule has 0 aromatic heterocycles. The highest BCUT2D eigenvalue weighted by Crippen LogP contribution is 2.39. The number of hydrogen-bond acceptors (Lipinski definition) is 4. The Hall–Kier alpha value is -3.63. The van der Waals surface area contributed by atoms with Gasteiger partial charge in [0.25, 0.3) is 0 Å². The maximum Gasteiger partial charge on any atom is 0.305 e. The van der Waals surface area contributed by atoms with E-state index in [0.29, 0.717) is 24.0 Å². The summed E-state index contributed by atoms with van der Waals surface area (Å²) in [5.74, 6) is -0.272. The van der Waals surface area contributed by atoms with Crippen LogP contribution >= 0.6 is 0 Å². The molecule has 0 fully saturated rings. The Labute approximate surface area is 156 Å². The average Bonchev–Trinajstić information content (AvgIpc) is 2.71. The van der Waals surface area contributed by atoms with Crippen LogP contribution in [0.2, 0.25) is 0 Å². The average molecular weight is 352 g/mol. The smallest absolute Gasteiger partial charge is 0.305 e. The summed E-state index contributed by atoms with van der Waals surface area (Å²) in [6.07, 6.45) is 1.39. The highest BCUT2D eigenvalue weighted by Gasteiger charge is 2.20. The SMILES string of the molecule is COC(=O)CCCc1c(C#N)c(C#N)c2ccc3cccc4ccc1c2c34. The van der Waals surface area contributed by atoms with Gasteiger partial charge in [0.2, 0.25) is 0 Å². The lowest BCUT2D eigenvalue weighted by Crippen LogP contribution is -2.03. The summed E-state index contributed by atoms with van der Waals surface area (Å²) < 4.78 is 4.71. The molecule has 0 radical (unpaired) electrons. The fourth-order valence-electron chi connectivity index (χ4n) is 3.97. The minimum atomic E-state index is -0.272. The third kappa shape index (κ3) is 2.55. The number of esters is 1. The molecule has 0 saturated carbocycles. The van der Waals surface area contributed by atoms with Crippen molar-refractivity contribution in [1.29, 1.82) is 10.5 Å². The Morgan fingerprint density at radius 1 is 0.926 bits per heavy atom. The molecule has 0 saturated heterocycles. The number of rotatable bonds is 4. The van der Waals surface area contributed by atoms with Gasteiger partial charge < -0.3 is 4.74 Å². The van der Waals surface area contributed by atoms with Crippen LogP contribution in [0.3, 0.4) is 0 Å². The number of methoxy groups -OCH3 is 1. The highest BCUT2D eigenvalue weighted by atomic mass is 16.5. The van der Waals surface area contributed by atoms with Crippen LogP contribution in [0.5, 0.6) is 0 Å². The van der Waals surface area contributed by atoms with Crippen LogP contribution in [-0.4, -0.2) is 13.1 Å². The molecular weight excluding hydrogens is 336 g/mol. The van der Waals surface area contributed by atoms with Gasteiger partial charge >= 0.3 is 5.97 Å². The van der Waals surface area contributed by atoms with E-state index < -0.39 is 0 Å². The molecular formula is C23H16N2O2. The van der Waals surface area contributed by atoms with E-state index in [4.69, 9.17) is 4.74 Å². The van der Waals surface area contributed by atoms with Crippen LogP contribution in [0.4, 0.5) is 0 Å². The second kappa shape index (κ2) is 6.59. The molecule has 4 rings (SSSR count). The van der Waals surface area contributed by atoms with Crippen molar-refractivity contribution in [3.8, 4) is 12.1 Å². The summed E-state index contributed by atoms with van der Waals surface area (Å²) in [5, 5.41) is 25.7. The molecule has 0 unspecified atom stereocenters. The van der Waals surface area contributed by atoms with Gasteiger partial charge in [-0.3, -0.25) is 4.79 Å². The van der Waals surface area contributed by atoms with Crippen LogP contribution in [0, 0.1) is 22.7 Å². The molecule has 0 N–H and O–H groups in total. The van der Waals surface area contributed by atoms with E-state index in [1.807, 2.05) is 24.3 Å². The molecule has 130 valence electrons. The standard InChI is InChI=1S/C23H16N2O2/c1-27-21(26)7-3-6-16-17-10-8-14-4-2-5-15-9-11-18(23(17)22(14)15)20(13-25)19(16)12-24/h2,4-5,8-11H,3,6-7H2,1H3. The number of benzene rings is 4. The van der Waals surface area contributed by atoms with Gasteiger partial charge in [0.05, 0.1) is 18.2 Å². The summed E-state index contributed by atoms with van der Waals surface area (Å²) in [6.45, 7) is 0. The van der Waals surface area contributed by atoms with Crippen LogP contribution in [0.25, 0.3) is 32.3 Å². The number of hydrogen-bond donors (Lipinski definition) is 0. The molecule has 4 aromatic carbocycles. The molecule has 0 aliphatic carbocycles. The molecule has 0 aliphatic rings. The van der Waals surface area contributed by atoms with Crippen molar-refractivity contribution in [3.63, 3.8) is 0 Å². The minimum Gasteiger partial charge on any atom is -0.469 e. The summed E-state index contributed by atoms with van der Waals surface area (Å²) >= 11 is 0. The molecule has 0 amide bonds. The summed E-state index contributed by atoms with van der Waals surface area (Å²) in [6, 6.07) is 18.6. The summed E-state index contributed by atoms with van der Waals surface area (Å²) in [5.41, 5.74) is 1.66. The van der Waals surface area contributed by atoms with E-state index in [0.717, 1.165) is 37.9 Å². The first-order valence-corrected chi connectivity index (χ1v) is 8.79. The Morgan fingerprint density at radius 2 is 1.59 bits per heavy atom. The first-order chi connectivity index (χ1) is 13.2. The number of aryl methyl sites for hydroxylation is 1. The molecule has 0 spiro atoms. The van der Waals surface area contributed by atoms with Gasteiger partial charge in [-0.05, 0) is 45.3 Å². The lowest BCUT2D eigenvalue weighted by atomic mass is 9.85. The Bertz CT molecular complexity index is 1260. The predicted octanol–water partition coefficient (Wildman–Crippen LogP) is 4.82. The van der Waals surface area contributed by atoms with E-state index in [1.54, 1.807) is 0 Å². The Kier molecular flexibility index (Phi) is 4.11. The first-order valence-electron chi connectivity index (χ1n) is 8.79. The summed E-state index contributed by atoms with van der Waals surface area (Å²) in [7, 11) is 1.37. The van der Waals surface area contributed by atoms with Crippen LogP contribution < -0.4 is 0 Å². The zero-order chi connectivity index (χ0) is 19.0. The largest absolute Gasteiger partial charge is 0.469 e. The van der Waals surface area contributed by atoms with Crippen LogP contribution in [-0.2, 0) is 16.0 Å². The second-order valence-corrected chi connectivity index (χ2v) is 6.56. The zero-order valence-electron chi connectivity index (χ0n) is 14.9. The molecule has 4 heteroatoms. The number of carbonyl (C=O) groups excluding carboxylic acids is 1. The maximum absolute atomic E-state index is 11.5. The normalized spacial score (nSPS) is 10.9. The molecule has 0 aliphatic heterocycles. The molecule has 27 heavy (non-hydrogen) atoms. The number of nitrogens with zero attached hydrogens (tertiary/aromatic N) is 2. The third-order valence-electron chi connectivity index (χ3n) is 5.18.